The van der Waals surface area contributed by atoms with Crippen molar-refractivity contribution in [1.29, 1.82) is 0 Å². The van der Waals surface area contributed by atoms with Crippen molar-refractivity contribution in [2.75, 3.05) is 0 Å². The summed E-state index contributed by atoms with van der Waals surface area (Å²) in [6.45, 7) is 0. The topological polar surface area (TPSA) is 26.0 Å². The molecule has 3 unspecified atom stereocenters. The van der Waals surface area contributed by atoms with Gasteiger partial charge in [0.1, 0.15) is 0 Å². The fraction of sp³-hybridized carbons (Fsp3) is 1.00. The number of nitrogens with two attached hydrogens (primary N) is 1. The molecule has 0 spiro atoms. The van der Waals surface area contributed by atoms with E-state index in [1.165, 1.54) is 51.4 Å². The first-order valence-corrected chi connectivity index (χ1v) is 5.63. The Hall–Kier alpha value is -0.0400. The van der Waals surface area contributed by atoms with Crippen molar-refractivity contribution in [2.45, 2.75) is 57.4 Å². The fourth-order valence-electron chi connectivity index (χ4n) is 3.17. The van der Waals surface area contributed by atoms with E-state index in [2.05, 4.69) is 0 Å². The third-order valence-corrected chi connectivity index (χ3v) is 3.88. The molecule has 2 rings (SSSR count). The highest BCUT2D eigenvalue weighted by Gasteiger charge is 2.31. The van der Waals surface area contributed by atoms with E-state index in [1.807, 2.05) is 0 Å². The molecule has 2 aliphatic carbocycles. The largest absolute Gasteiger partial charge is 0.327 e. The highest BCUT2D eigenvalue weighted by Crippen LogP contribution is 2.38. The second kappa shape index (κ2) is 3.78. The van der Waals surface area contributed by atoms with Crippen LogP contribution in [0.4, 0.5) is 0 Å². The lowest BCUT2D eigenvalue weighted by atomic mass is 9.74. The summed E-state index contributed by atoms with van der Waals surface area (Å²) < 4.78 is 0. The number of hydrogen-bond acceptors (Lipinski definition) is 1. The summed E-state index contributed by atoms with van der Waals surface area (Å²) in [5.41, 5.74) is 6.16. The van der Waals surface area contributed by atoms with Crippen LogP contribution in [0.3, 0.4) is 0 Å². The lowest BCUT2D eigenvalue weighted by Crippen LogP contribution is -2.38. The highest BCUT2D eigenvalue weighted by atomic mass is 14.7. The van der Waals surface area contributed by atoms with Gasteiger partial charge >= 0.3 is 0 Å². The SMILES string of the molecule is NC1CCCC2CCCCCC12. The van der Waals surface area contributed by atoms with Crippen LogP contribution >= 0.6 is 0 Å². The molecule has 0 aromatic rings. The van der Waals surface area contributed by atoms with Crippen LogP contribution in [0.15, 0.2) is 0 Å². The molecule has 3 atom stereocenters. The first-order chi connectivity index (χ1) is 5.88. The van der Waals surface area contributed by atoms with Crippen LogP contribution in [0.25, 0.3) is 0 Å². The van der Waals surface area contributed by atoms with E-state index in [0.717, 1.165) is 11.8 Å². The van der Waals surface area contributed by atoms with Crippen molar-refractivity contribution < 1.29 is 0 Å². The molecule has 1 heteroatoms. The highest BCUT2D eigenvalue weighted by molar-refractivity contribution is 4.85. The van der Waals surface area contributed by atoms with E-state index in [-0.39, 0.29) is 0 Å². The molecular formula is C11H21N. The Morgan fingerprint density at radius 2 is 1.50 bits per heavy atom. The second-order valence-electron chi connectivity index (χ2n) is 4.66. The first-order valence-electron chi connectivity index (χ1n) is 5.63. The molecule has 2 N–H and O–H groups in total. The summed E-state index contributed by atoms with van der Waals surface area (Å²) in [5.74, 6) is 1.89. The molecule has 0 aromatic heterocycles. The van der Waals surface area contributed by atoms with E-state index in [9.17, 15) is 0 Å². The van der Waals surface area contributed by atoms with Crippen molar-refractivity contribution in [2.24, 2.45) is 17.6 Å². The van der Waals surface area contributed by atoms with Crippen molar-refractivity contribution in [3.63, 3.8) is 0 Å². The average molecular weight is 167 g/mol. The molecular weight excluding hydrogens is 146 g/mol. The molecule has 0 aliphatic heterocycles. The number of rotatable bonds is 0. The second-order valence-corrected chi connectivity index (χ2v) is 4.66. The summed E-state index contributed by atoms with van der Waals surface area (Å²) in [4.78, 5) is 0. The molecule has 0 aromatic carbocycles. The van der Waals surface area contributed by atoms with Crippen LogP contribution in [0.1, 0.15) is 51.4 Å². The van der Waals surface area contributed by atoms with Crippen molar-refractivity contribution in [3.8, 4) is 0 Å². The van der Waals surface area contributed by atoms with Gasteiger partial charge in [-0.15, -0.1) is 0 Å². The normalized spacial score (nSPS) is 43.2. The number of hydrogen-bond donors (Lipinski definition) is 1. The van der Waals surface area contributed by atoms with Gasteiger partial charge in [-0.1, -0.05) is 38.5 Å². The Labute approximate surface area is 75.7 Å². The zero-order valence-electron chi connectivity index (χ0n) is 7.97. The van der Waals surface area contributed by atoms with Crippen molar-refractivity contribution >= 4 is 0 Å². The zero-order chi connectivity index (χ0) is 8.39. The van der Waals surface area contributed by atoms with Gasteiger partial charge in [0.25, 0.3) is 0 Å². The maximum atomic E-state index is 6.16. The molecule has 12 heavy (non-hydrogen) atoms. The van der Waals surface area contributed by atoms with E-state index in [4.69, 9.17) is 5.73 Å². The summed E-state index contributed by atoms with van der Waals surface area (Å²) in [6.07, 6.45) is 11.4. The minimum Gasteiger partial charge on any atom is -0.327 e. The van der Waals surface area contributed by atoms with Crippen molar-refractivity contribution in [1.82, 2.24) is 0 Å². The van der Waals surface area contributed by atoms with Crippen LogP contribution in [-0.2, 0) is 0 Å². The van der Waals surface area contributed by atoms with Crippen LogP contribution in [0.5, 0.6) is 0 Å². The van der Waals surface area contributed by atoms with E-state index < -0.39 is 0 Å². The van der Waals surface area contributed by atoms with Gasteiger partial charge in [0.15, 0.2) is 0 Å². The number of fused-ring (bicyclic) bond motifs is 1. The van der Waals surface area contributed by atoms with Gasteiger partial charge in [-0.05, 0) is 24.7 Å². The van der Waals surface area contributed by atoms with E-state index in [0.29, 0.717) is 6.04 Å². The predicted octanol–water partition coefficient (Wildman–Crippen LogP) is 2.69. The molecule has 0 radical (unpaired) electrons. The van der Waals surface area contributed by atoms with Gasteiger partial charge < -0.3 is 5.73 Å². The summed E-state index contributed by atoms with van der Waals surface area (Å²) in [7, 11) is 0. The lowest BCUT2D eigenvalue weighted by Gasteiger charge is -2.35. The van der Waals surface area contributed by atoms with Gasteiger partial charge in [-0.3, -0.25) is 0 Å². The molecule has 2 aliphatic rings. The summed E-state index contributed by atoms with van der Waals surface area (Å²) in [5, 5.41) is 0. The lowest BCUT2D eigenvalue weighted by molar-refractivity contribution is 0.193. The van der Waals surface area contributed by atoms with Crippen molar-refractivity contribution in [3.05, 3.63) is 0 Å². The standard InChI is InChI=1S/C11H21N/c12-11-8-4-6-9-5-2-1-3-7-10(9)11/h9-11H,1-8,12H2. The van der Waals surface area contributed by atoms with Gasteiger partial charge in [-0.25, -0.2) is 0 Å². The van der Waals surface area contributed by atoms with Crippen LogP contribution in [0, 0.1) is 11.8 Å². The van der Waals surface area contributed by atoms with Gasteiger partial charge in [0.2, 0.25) is 0 Å². The Morgan fingerprint density at radius 3 is 2.42 bits per heavy atom. The molecule has 2 fully saturated rings. The minimum atomic E-state index is 0.543. The fourth-order valence-corrected chi connectivity index (χ4v) is 3.17. The molecule has 1 nitrogen and oxygen atoms in total. The Balaban J connectivity index is 2.00. The maximum Gasteiger partial charge on any atom is 0.00698 e. The Kier molecular flexibility index (Phi) is 2.69. The molecule has 0 heterocycles. The maximum absolute atomic E-state index is 6.16. The predicted molar refractivity (Wildman–Crippen MR) is 51.9 cm³/mol. The first kappa shape index (κ1) is 8.55. The van der Waals surface area contributed by atoms with Crippen LogP contribution in [-0.4, -0.2) is 6.04 Å². The Morgan fingerprint density at radius 1 is 0.750 bits per heavy atom. The molecule has 70 valence electrons. The average Bonchev–Trinajstić information content (AvgIpc) is 2.30. The quantitative estimate of drug-likeness (QED) is 0.590. The summed E-state index contributed by atoms with van der Waals surface area (Å²) in [6, 6.07) is 0.543. The monoisotopic (exact) mass is 167 g/mol. The third kappa shape index (κ3) is 1.66. The van der Waals surface area contributed by atoms with Gasteiger partial charge in [-0.2, -0.15) is 0 Å². The van der Waals surface area contributed by atoms with Gasteiger partial charge in [0.05, 0.1) is 0 Å². The smallest absolute Gasteiger partial charge is 0.00698 e. The minimum absolute atomic E-state index is 0.543. The molecule has 0 amide bonds. The zero-order valence-corrected chi connectivity index (χ0v) is 7.97. The van der Waals surface area contributed by atoms with E-state index >= 15 is 0 Å². The molecule has 2 saturated carbocycles. The summed E-state index contributed by atoms with van der Waals surface area (Å²) >= 11 is 0. The van der Waals surface area contributed by atoms with Crippen LogP contribution in [0.2, 0.25) is 0 Å². The van der Waals surface area contributed by atoms with Gasteiger partial charge in [0, 0.05) is 6.04 Å². The molecule has 0 saturated heterocycles. The Bertz CT molecular complexity index is 144. The van der Waals surface area contributed by atoms with Crippen LogP contribution < -0.4 is 5.73 Å². The molecule has 0 bridgehead atoms. The van der Waals surface area contributed by atoms with E-state index in [1.54, 1.807) is 0 Å². The third-order valence-electron chi connectivity index (χ3n) is 3.88.